The Morgan fingerprint density at radius 1 is 1.03 bits per heavy atom. The number of para-hydroxylation sites is 1. The molecular formula is C29H35N3O3. The molecular weight excluding hydrogens is 438 g/mol. The lowest BCUT2D eigenvalue weighted by Crippen LogP contribution is -2.35. The Bertz CT molecular complexity index is 1220. The quantitative estimate of drug-likeness (QED) is 0.318. The average Bonchev–Trinajstić information content (AvgIpc) is 3.12. The molecule has 0 saturated heterocycles. The molecule has 2 N–H and O–H groups in total. The van der Waals surface area contributed by atoms with Gasteiger partial charge >= 0.3 is 0 Å². The zero-order valence-corrected chi connectivity index (χ0v) is 20.6. The number of fused-ring (bicyclic) bond motifs is 1. The first kappa shape index (κ1) is 24.9. The predicted molar refractivity (Wildman–Crippen MR) is 139 cm³/mol. The molecule has 0 aliphatic carbocycles. The van der Waals surface area contributed by atoms with Gasteiger partial charge in [-0.2, -0.15) is 0 Å². The molecule has 6 heteroatoms. The lowest BCUT2D eigenvalue weighted by atomic mass is 10.1. The summed E-state index contributed by atoms with van der Waals surface area (Å²) in [4.78, 5) is 6.51. The van der Waals surface area contributed by atoms with Crippen molar-refractivity contribution in [2.24, 2.45) is 0 Å². The van der Waals surface area contributed by atoms with Crippen LogP contribution in [-0.2, 0) is 19.7 Å². The molecule has 0 fully saturated rings. The summed E-state index contributed by atoms with van der Waals surface area (Å²) in [5, 5.41) is 21.7. The molecule has 0 bridgehead atoms. The van der Waals surface area contributed by atoms with Gasteiger partial charge in [0.15, 0.2) is 0 Å². The van der Waals surface area contributed by atoms with Crippen LogP contribution in [0.5, 0.6) is 5.75 Å². The number of pyridine rings is 1. The number of aromatic nitrogens is 2. The Hall–Kier alpha value is -3.19. The van der Waals surface area contributed by atoms with Crippen LogP contribution in [0.15, 0.2) is 72.9 Å². The van der Waals surface area contributed by atoms with E-state index in [1.54, 1.807) is 6.20 Å². The minimum absolute atomic E-state index is 0.125. The fourth-order valence-electron chi connectivity index (χ4n) is 4.57. The second kappa shape index (κ2) is 12.0. The van der Waals surface area contributed by atoms with E-state index >= 15 is 0 Å². The molecule has 0 spiro atoms. The zero-order chi connectivity index (χ0) is 24.6. The molecule has 0 saturated carbocycles. The minimum Gasteiger partial charge on any atom is -0.487 e. The number of ether oxygens (including phenoxy) is 1. The molecule has 1 atom stereocenters. The third-order valence-corrected chi connectivity index (χ3v) is 6.46. The second-order valence-electron chi connectivity index (χ2n) is 9.06. The number of aliphatic hydroxyl groups excluding tert-OH is 2. The molecule has 184 valence electrons. The summed E-state index contributed by atoms with van der Waals surface area (Å²) >= 11 is 0. The van der Waals surface area contributed by atoms with Crippen molar-refractivity contribution in [3.63, 3.8) is 0 Å². The third kappa shape index (κ3) is 6.48. The van der Waals surface area contributed by atoms with E-state index in [4.69, 9.17) is 4.74 Å². The summed E-state index contributed by atoms with van der Waals surface area (Å²) in [5.74, 6) is 0.792. The molecule has 0 unspecified atom stereocenters. The Labute approximate surface area is 207 Å². The molecule has 6 nitrogen and oxygen atoms in total. The molecule has 4 aromatic rings. The largest absolute Gasteiger partial charge is 0.487 e. The highest BCUT2D eigenvalue weighted by atomic mass is 16.5. The van der Waals surface area contributed by atoms with Crippen molar-refractivity contribution in [3.05, 3.63) is 95.4 Å². The van der Waals surface area contributed by atoms with E-state index in [0.717, 1.165) is 22.5 Å². The molecule has 2 heterocycles. The minimum atomic E-state index is -0.536. The van der Waals surface area contributed by atoms with E-state index in [9.17, 15) is 10.2 Å². The molecule has 0 aliphatic heterocycles. The van der Waals surface area contributed by atoms with Gasteiger partial charge < -0.3 is 19.5 Å². The first-order valence-electron chi connectivity index (χ1n) is 12.2. The predicted octanol–water partition coefficient (Wildman–Crippen LogP) is 4.48. The van der Waals surface area contributed by atoms with Crippen LogP contribution in [0, 0.1) is 13.8 Å². The normalized spacial score (nSPS) is 12.4. The highest BCUT2D eigenvalue weighted by Gasteiger charge is 2.17. The van der Waals surface area contributed by atoms with E-state index < -0.39 is 6.10 Å². The van der Waals surface area contributed by atoms with Crippen LogP contribution in [-0.4, -0.2) is 50.5 Å². The fourth-order valence-corrected chi connectivity index (χ4v) is 4.57. The van der Waals surface area contributed by atoms with Gasteiger partial charge in [-0.1, -0.05) is 36.4 Å². The van der Waals surface area contributed by atoms with E-state index in [1.807, 2.05) is 42.5 Å². The van der Waals surface area contributed by atoms with E-state index in [1.165, 1.54) is 16.6 Å². The van der Waals surface area contributed by atoms with Crippen LogP contribution in [0.25, 0.3) is 10.9 Å². The molecule has 0 aliphatic rings. The van der Waals surface area contributed by atoms with Gasteiger partial charge in [0.25, 0.3) is 0 Å². The van der Waals surface area contributed by atoms with Crippen LogP contribution >= 0.6 is 0 Å². The summed E-state index contributed by atoms with van der Waals surface area (Å²) in [5.41, 5.74) is 5.58. The topological polar surface area (TPSA) is 70.8 Å². The standard InChI is InChI=1S/C29H35N3O3/c1-22-23(2)32(29-13-4-3-12-28(22)29)20-26(34)19-31(15-8-16-33)18-24-9-7-11-27(17-24)35-21-25-10-5-6-14-30-25/h3-7,9-14,17,26,33-34H,8,15-16,18-21H2,1-2H3/t26-/m0/s1. The third-order valence-electron chi connectivity index (χ3n) is 6.46. The zero-order valence-electron chi connectivity index (χ0n) is 20.6. The molecule has 35 heavy (non-hydrogen) atoms. The van der Waals surface area contributed by atoms with Gasteiger partial charge in [0.2, 0.25) is 0 Å². The molecule has 0 amide bonds. The summed E-state index contributed by atoms with van der Waals surface area (Å²) in [6.45, 7) is 7.21. The highest BCUT2D eigenvalue weighted by molar-refractivity contribution is 5.85. The van der Waals surface area contributed by atoms with Crippen LogP contribution < -0.4 is 4.74 Å². The fraction of sp³-hybridized carbons (Fsp3) is 0.345. The maximum Gasteiger partial charge on any atom is 0.130 e. The Morgan fingerprint density at radius 3 is 2.66 bits per heavy atom. The van der Waals surface area contributed by atoms with Crippen molar-refractivity contribution in [1.82, 2.24) is 14.5 Å². The summed E-state index contributed by atoms with van der Waals surface area (Å²) in [6, 6.07) is 22.2. The number of rotatable bonds is 12. The lowest BCUT2D eigenvalue weighted by Gasteiger charge is -2.26. The van der Waals surface area contributed by atoms with Crippen molar-refractivity contribution < 1.29 is 14.9 Å². The number of hydrogen-bond donors (Lipinski definition) is 2. The Morgan fingerprint density at radius 2 is 1.86 bits per heavy atom. The second-order valence-corrected chi connectivity index (χ2v) is 9.06. The van der Waals surface area contributed by atoms with Gasteiger partial charge in [-0.15, -0.1) is 0 Å². The van der Waals surface area contributed by atoms with Crippen molar-refractivity contribution in [1.29, 1.82) is 0 Å². The molecule has 2 aromatic heterocycles. The van der Waals surface area contributed by atoms with Crippen LogP contribution in [0.4, 0.5) is 0 Å². The average molecular weight is 474 g/mol. The molecule has 2 aromatic carbocycles. The molecule has 4 rings (SSSR count). The summed E-state index contributed by atoms with van der Waals surface area (Å²) < 4.78 is 8.15. The first-order valence-corrected chi connectivity index (χ1v) is 12.2. The SMILES string of the molecule is Cc1c(C)n(C[C@@H](O)CN(CCCO)Cc2cccc(OCc3ccccn3)c2)c2ccccc12. The van der Waals surface area contributed by atoms with Crippen molar-refractivity contribution in [2.75, 3.05) is 19.7 Å². The maximum absolute atomic E-state index is 11.1. The van der Waals surface area contributed by atoms with Gasteiger partial charge in [0.05, 0.1) is 18.3 Å². The van der Waals surface area contributed by atoms with Gasteiger partial charge in [-0.3, -0.25) is 9.88 Å². The maximum atomic E-state index is 11.1. The van der Waals surface area contributed by atoms with Gasteiger partial charge in [-0.25, -0.2) is 0 Å². The van der Waals surface area contributed by atoms with Gasteiger partial charge in [-0.05, 0) is 61.7 Å². The first-order chi connectivity index (χ1) is 17.0. The number of aliphatic hydroxyl groups is 2. The van der Waals surface area contributed by atoms with Crippen LogP contribution in [0.3, 0.4) is 0 Å². The van der Waals surface area contributed by atoms with E-state index in [-0.39, 0.29) is 6.61 Å². The van der Waals surface area contributed by atoms with Crippen LogP contribution in [0.1, 0.15) is 28.9 Å². The monoisotopic (exact) mass is 473 g/mol. The number of benzene rings is 2. The number of nitrogens with zero attached hydrogens (tertiary/aromatic N) is 3. The number of aryl methyl sites for hydroxylation is 1. The van der Waals surface area contributed by atoms with Crippen molar-refractivity contribution in [3.8, 4) is 5.75 Å². The van der Waals surface area contributed by atoms with Gasteiger partial charge in [0.1, 0.15) is 12.4 Å². The summed E-state index contributed by atoms with van der Waals surface area (Å²) in [7, 11) is 0. The van der Waals surface area contributed by atoms with Crippen LogP contribution in [0.2, 0.25) is 0 Å². The summed E-state index contributed by atoms with van der Waals surface area (Å²) in [6.07, 6.45) is 1.89. The number of hydrogen-bond acceptors (Lipinski definition) is 5. The highest BCUT2D eigenvalue weighted by Crippen LogP contribution is 2.25. The van der Waals surface area contributed by atoms with Gasteiger partial charge in [0, 0.05) is 49.0 Å². The molecule has 0 radical (unpaired) electrons. The van der Waals surface area contributed by atoms with Crippen molar-refractivity contribution in [2.45, 2.75) is 46.1 Å². The Kier molecular flexibility index (Phi) is 8.53. The van der Waals surface area contributed by atoms with E-state index in [2.05, 4.69) is 52.6 Å². The Balaban J connectivity index is 1.42. The lowest BCUT2D eigenvalue weighted by molar-refractivity contribution is 0.0908. The smallest absolute Gasteiger partial charge is 0.130 e. The van der Waals surface area contributed by atoms with E-state index in [0.29, 0.717) is 39.2 Å². The van der Waals surface area contributed by atoms with Crippen molar-refractivity contribution >= 4 is 10.9 Å².